The molecule has 3 heterocycles. The van der Waals surface area contributed by atoms with Crippen molar-refractivity contribution in [3.8, 4) is 22.6 Å². The number of aliphatic carboxylic acids is 1. The number of carbonyl (C=O) groups is 2. The number of carbonyl (C=O) groups excluding carboxylic acids is 1. The number of carboxylic acids is 1. The molecule has 5 rings (SSSR count). The van der Waals surface area contributed by atoms with E-state index in [1.54, 1.807) is 0 Å². The van der Waals surface area contributed by atoms with Crippen LogP contribution in [0.1, 0.15) is 72.3 Å². The molecule has 0 aliphatic carbocycles. The largest absolute Gasteiger partial charge is 0.481 e. The molecule has 0 unspecified atom stereocenters. The SMILES string of the molecule is C/C=C1/C(=O)NC/C1=C/Cc1ccc2nc(-c3ccc(-c4ccccc4)nc3)[nH]c2c1.CC.CCCC[C@H](CC)CC(=O)O. The third kappa shape index (κ3) is 9.49. The maximum Gasteiger partial charge on any atom is 0.303 e. The summed E-state index contributed by atoms with van der Waals surface area (Å²) >= 11 is 0. The summed E-state index contributed by atoms with van der Waals surface area (Å²) in [6, 6.07) is 20.4. The van der Waals surface area contributed by atoms with E-state index in [4.69, 9.17) is 10.1 Å². The number of carboxylic acid groups (broad SMARTS) is 1. The van der Waals surface area contributed by atoms with Gasteiger partial charge in [-0.2, -0.15) is 0 Å². The molecule has 0 spiro atoms. The maximum absolute atomic E-state index is 11.8. The van der Waals surface area contributed by atoms with E-state index in [-0.39, 0.29) is 5.91 Å². The minimum Gasteiger partial charge on any atom is -0.481 e. The minimum absolute atomic E-state index is 0.00861. The zero-order chi connectivity index (χ0) is 31.9. The first-order chi connectivity index (χ1) is 21.4. The fraction of sp³-hybridized carbons (Fsp3) is 0.351. The summed E-state index contributed by atoms with van der Waals surface area (Å²) in [6.07, 6.45) is 11.3. The highest BCUT2D eigenvalue weighted by Crippen LogP contribution is 2.24. The first-order valence-electron chi connectivity index (χ1n) is 15.8. The van der Waals surface area contributed by atoms with E-state index in [0.29, 0.717) is 18.9 Å². The van der Waals surface area contributed by atoms with Crippen LogP contribution in [0.15, 0.2) is 90.2 Å². The fourth-order valence-corrected chi connectivity index (χ4v) is 5.08. The molecule has 7 heteroatoms. The number of hydrogen-bond donors (Lipinski definition) is 3. The van der Waals surface area contributed by atoms with Gasteiger partial charge < -0.3 is 15.4 Å². The second kappa shape index (κ2) is 17.6. The van der Waals surface area contributed by atoms with Crippen LogP contribution in [0.4, 0.5) is 0 Å². The van der Waals surface area contributed by atoms with E-state index in [2.05, 4.69) is 59.5 Å². The Bertz CT molecular complexity index is 1550. The summed E-state index contributed by atoms with van der Waals surface area (Å²) in [5, 5.41) is 11.4. The molecule has 0 bridgehead atoms. The van der Waals surface area contributed by atoms with Gasteiger partial charge in [-0.1, -0.05) is 95.5 Å². The number of fused-ring (bicyclic) bond motifs is 1. The van der Waals surface area contributed by atoms with Gasteiger partial charge in [-0.15, -0.1) is 0 Å². The maximum atomic E-state index is 11.8. The lowest BCUT2D eigenvalue weighted by Crippen LogP contribution is -2.13. The number of aromatic amines is 1. The number of unbranched alkanes of at least 4 members (excludes halogenated alkanes) is 1. The molecule has 2 aromatic heterocycles. The zero-order valence-corrected chi connectivity index (χ0v) is 26.7. The number of amides is 1. The number of allylic oxidation sites excluding steroid dienone is 2. The standard InChI is InChI=1S/C26H22N4O.C9H18O2.C2H6/c1-2-21-19(15-28-26(21)31)10-8-17-9-12-23-24(14-17)30-25(29-23)20-11-13-22(27-16-20)18-6-4-3-5-7-18;1-3-5-6-8(4-2)7-9(10)11;1-2/h2-7,9-14,16H,8,15H2,1H3,(H,28,31)(H,29,30);8H,3-7H2,1-2H3,(H,10,11);1-2H3/b19-10-,21-2+;;/t;8-;/m.0./s1. The van der Waals surface area contributed by atoms with Crippen molar-refractivity contribution < 1.29 is 14.7 Å². The highest BCUT2D eigenvalue weighted by molar-refractivity contribution is 6.01. The van der Waals surface area contributed by atoms with Gasteiger partial charge in [0.2, 0.25) is 0 Å². The average Bonchev–Trinajstić information content (AvgIpc) is 3.65. The van der Waals surface area contributed by atoms with Gasteiger partial charge >= 0.3 is 5.97 Å². The first kappa shape index (κ1) is 34.0. The molecule has 1 atom stereocenters. The predicted molar refractivity (Wildman–Crippen MR) is 180 cm³/mol. The van der Waals surface area contributed by atoms with Crippen molar-refractivity contribution in [2.75, 3.05) is 6.54 Å². The van der Waals surface area contributed by atoms with Crippen molar-refractivity contribution in [3.63, 3.8) is 0 Å². The van der Waals surface area contributed by atoms with Gasteiger partial charge in [-0.3, -0.25) is 14.6 Å². The van der Waals surface area contributed by atoms with Crippen LogP contribution in [0.5, 0.6) is 0 Å². The van der Waals surface area contributed by atoms with Crippen LogP contribution >= 0.6 is 0 Å². The van der Waals surface area contributed by atoms with Crippen LogP contribution < -0.4 is 5.32 Å². The van der Waals surface area contributed by atoms with Crippen molar-refractivity contribution in [2.24, 2.45) is 5.92 Å². The molecular weight excluding hydrogens is 548 g/mol. The van der Waals surface area contributed by atoms with Crippen LogP contribution in [0.2, 0.25) is 0 Å². The summed E-state index contributed by atoms with van der Waals surface area (Å²) < 4.78 is 0. The molecule has 4 aromatic rings. The molecule has 1 saturated heterocycles. The van der Waals surface area contributed by atoms with Gasteiger partial charge in [0.25, 0.3) is 5.91 Å². The summed E-state index contributed by atoms with van der Waals surface area (Å²) in [6.45, 7) is 10.7. The Kier molecular flexibility index (Phi) is 13.6. The number of H-pyrrole nitrogens is 1. The number of rotatable bonds is 10. The molecule has 44 heavy (non-hydrogen) atoms. The van der Waals surface area contributed by atoms with E-state index in [0.717, 1.165) is 76.9 Å². The van der Waals surface area contributed by atoms with Crippen LogP contribution in [-0.4, -0.2) is 38.5 Å². The Morgan fingerprint density at radius 2 is 1.82 bits per heavy atom. The van der Waals surface area contributed by atoms with Gasteiger partial charge in [-0.25, -0.2) is 4.98 Å². The van der Waals surface area contributed by atoms with E-state index in [1.807, 2.05) is 69.4 Å². The van der Waals surface area contributed by atoms with Gasteiger partial charge in [-0.05, 0) is 61.1 Å². The number of benzene rings is 2. The zero-order valence-electron chi connectivity index (χ0n) is 26.7. The monoisotopic (exact) mass is 594 g/mol. The molecule has 7 nitrogen and oxygen atoms in total. The average molecular weight is 595 g/mol. The fourth-order valence-electron chi connectivity index (χ4n) is 5.08. The predicted octanol–water partition coefficient (Wildman–Crippen LogP) is 8.54. The van der Waals surface area contributed by atoms with Gasteiger partial charge in [0.05, 0.1) is 16.7 Å². The summed E-state index contributed by atoms with van der Waals surface area (Å²) in [5.41, 5.74) is 7.90. The number of aromatic nitrogens is 3. The van der Waals surface area contributed by atoms with Crippen molar-refractivity contribution >= 4 is 22.9 Å². The van der Waals surface area contributed by atoms with Crippen molar-refractivity contribution in [3.05, 3.63) is 95.7 Å². The Balaban J connectivity index is 0.000000347. The van der Waals surface area contributed by atoms with Crippen molar-refractivity contribution in [1.29, 1.82) is 0 Å². The Morgan fingerprint density at radius 1 is 1.05 bits per heavy atom. The second-order valence-corrected chi connectivity index (χ2v) is 10.6. The van der Waals surface area contributed by atoms with E-state index >= 15 is 0 Å². The number of imidazole rings is 1. The molecule has 0 radical (unpaired) electrons. The highest BCUT2D eigenvalue weighted by Gasteiger charge is 2.20. The normalized spacial score (nSPS) is 14.9. The van der Waals surface area contributed by atoms with Crippen LogP contribution in [0, 0.1) is 5.92 Å². The topological polar surface area (TPSA) is 108 Å². The van der Waals surface area contributed by atoms with E-state index < -0.39 is 5.97 Å². The number of hydrogen-bond acceptors (Lipinski definition) is 4. The third-order valence-corrected chi connectivity index (χ3v) is 7.56. The molecule has 232 valence electrons. The van der Waals surface area contributed by atoms with Crippen LogP contribution in [-0.2, 0) is 16.0 Å². The molecule has 1 fully saturated rings. The quantitative estimate of drug-likeness (QED) is 0.159. The first-order valence-corrected chi connectivity index (χ1v) is 15.8. The lowest BCUT2D eigenvalue weighted by atomic mass is 9.96. The molecular formula is C37H46N4O3. The number of pyridine rings is 1. The van der Waals surface area contributed by atoms with Crippen LogP contribution in [0.3, 0.4) is 0 Å². The highest BCUT2D eigenvalue weighted by atomic mass is 16.4. The Morgan fingerprint density at radius 3 is 2.45 bits per heavy atom. The number of nitrogens with one attached hydrogen (secondary N) is 2. The van der Waals surface area contributed by atoms with E-state index in [1.165, 1.54) is 5.56 Å². The Labute approximate surface area is 261 Å². The lowest BCUT2D eigenvalue weighted by Gasteiger charge is -2.10. The molecule has 0 saturated carbocycles. The molecule has 1 aliphatic heterocycles. The van der Waals surface area contributed by atoms with Gasteiger partial charge in [0.15, 0.2) is 0 Å². The van der Waals surface area contributed by atoms with Crippen molar-refractivity contribution in [2.45, 2.75) is 73.1 Å². The summed E-state index contributed by atoms with van der Waals surface area (Å²) in [5.74, 6) is 0.550. The van der Waals surface area contributed by atoms with Gasteiger partial charge in [0, 0.05) is 35.9 Å². The molecule has 2 aromatic carbocycles. The summed E-state index contributed by atoms with van der Waals surface area (Å²) in [7, 11) is 0. The van der Waals surface area contributed by atoms with E-state index in [9.17, 15) is 9.59 Å². The second-order valence-electron chi connectivity index (χ2n) is 10.6. The number of nitrogens with zero attached hydrogens (tertiary/aromatic N) is 2. The third-order valence-electron chi connectivity index (χ3n) is 7.56. The van der Waals surface area contributed by atoms with Crippen molar-refractivity contribution in [1.82, 2.24) is 20.3 Å². The lowest BCUT2D eigenvalue weighted by molar-refractivity contribution is -0.138. The Hall–Kier alpha value is -4.52. The van der Waals surface area contributed by atoms with Crippen LogP contribution in [0.25, 0.3) is 33.7 Å². The smallest absolute Gasteiger partial charge is 0.303 e. The molecule has 1 amide bonds. The molecule has 1 aliphatic rings. The molecule has 3 N–H and O–H groups in total. The van der Waals surface area contributed by atoms with Gasteiger partial charge in [0.1, 0.15) is 5.82 Å². The minimum atomic E-state index is -0.659. The summed E-state index contributed by atoms with van der Waals surface area (Å²) in [4.78, 5) is 34.9.